The van der Waals surface area contributed by atoms with Gasteiger partial charge in [0.2, 0.25) is 5.78 Å². The van der Waals surface area contributed by atoms with Crippen LogP contribution in [0.5, 0.6) is 5.75 Å². The van der Waals surface area contributed by atoms with E-state index in [1.54, 1.807) is 35.2 Å². The highest BCUT2D eigenvalue weighted by molar-refractivity contribution is 7.07. The lowest BCUT2D eigenvalue weighted by atomic mass is 10.1. The first-order chi connectivity index (χ1) is 9.81. The largest absolute Gasteiger partial charge is 0.491 e. The Morgan fingerprint density at radius 1 is 1.30 bits per heavy atom. The van der Waals surface area contributed by atoms with Crippen LogP contribution in [-0.4, -0.2) is 42.3 Å². The second-order valence-corrected chi connectivity index (χ2v) is 4.63. The predicted octanol–water partition coefficient (Wildman–Crippen LogP) is 1.76. The number of ether oxygens (including phenoxy) is 2. The maximum Gasteiger partial charge on any atom is 0.212 e. The number of benzene rings is 1. The van der Waals surface area contributed by atoms with Gasteiger partial charge in [-0.2, -0.15) is 0 Å². The van der Waals surface area contributed by atoms with Crippen molar-refractivity contribution in [1.29, 1.82) is 0 Å². The molecule has 0 aliphatic heterocycles. The molecule has 106 valence electrons. The third-order valence-electron chi connectivity index (χ3n) is 2.49. The molecule has 1 aromatic heterocycles. The summed E-state index contributed by atoms with van der Waals surface area (Å²) in [4.78, 5) is 16.1. The van der Waals surface area contributed by atoms with Crippen LogP contribution in [0, 0.1) is 0 Å². The Labute approximate surface area is 120 Å². The lowest BCUT2D eigenvalue weighted by Crippen LogP contribution is -2.09. The van der Waals surface area contributed by atoms with Crippen LogP contribution in [0.4, 0.5) is 0 Å². The fourth-order valence-corrected chi connectivity index (χ4v) is 2.12. The highest BCUT2D eigenvalue weighted by atomic mass is 32.1. The van der Waals surface area contributed by atoms with Crippen molar-refractivity contribution >= 4 is 17.1 Å². The number of aromatic nitrogens is 1. The maximum absolute atomic E-state index is 12.1. The van der Waals surface area contributed by atoms with Gasteiger partial charge in [0.1, 0.15) is 18.1 Å². The molecule has 2 rings (SSSR count). The van der Waals surface area contributed by atoms with E-state index in [1.165, 1.54) is 11.3 Å². The molecule has 0 unspecified atom stereocenters. The first-order valence-corrected chi connectivity index (χ1v) is 7.10. The van der Waals surface area contributed by atoms with E-state index in [9.17, 15) is 4.79 Å². The Hall–Kier alpha value is -1.76. The molecule has 0 saturated carbocycles. The Morgan fingerprint density at radius 2 is 2.20 bits per heavy atom. The van der Waals surface area contributed by atoms with E-state index in [4.69, 9.17) is 14.6 Å². The zero-order valence-corrected chi connectivity index (χ0v) is 11.6. The summed E-state index contributed by atoms with van der Waals surface area (Å²) in [5, 5.41) is 10.3. The Balaban J connectivity index is 1.92. The Bertz CT molecular complexity index is 542. The van der Waals surface area contributed by atoms with Gasteiger partial charge in [-0.3, -0.25) is 4.79 Å². The molecule has 0 amide bonds. The SMILES string of the molecule is O=C(c1cccc(OCCOCCO)c1)c1cscn1. The van der Waals surface area contributed by atoms with Crippen molar-refractivity contribution in [3.63, 3.8) is 0 Å². The van der Waals surface area contributed by atoms with Crippen molar-refractivity contribution in [1.82, 2.24) is 4.98 Å². The van der Waals surface area contributed by atoms with Gasteiger partial charge in [-0.05, 0) is 12.1 Å². The Kier molecular flexibility index (Phi) is 5.67. The van der Waals surface area contributed by atoms with Crippen molar-refractivity contribution in [3.05, 3.63) is 46.4 Å². The molecule has 1 N–H and O–H groups in total. The van der Waals surface area contributed by atoms with Gasteiger partial charge in [0.15, 0.2) is 0 Å². The van der Waals surface area contributed by atoms with Gasteiger partial charge in [0.25, 0.3) is 0 Å². The molecule has 0 aliphatic rings. The molecular formula is C14H15NO4S. The van der Waals surface area contributed by atoms with E-state index < -0.39 is 0 Å². The topological polar surface area (TPSA) is 68.7 Å². The van der Waals surface area contributed by atoms with Crippen molar-refractivity contribution in [3.8, 4) is 5.75 Å². The third kappa shape index (κ3) is 4.12. The highest BCUT2D eigenvalue weighted by Gasteiger charge is 2.11. The summed E-state index contributed by atoms with van der Waals surface area (Å²) >= 11 is 1.39. The number of thiazole rings is 1. The van der Waals surface area contributed by atoms with E-state index in [-0.39, 0.29) is 12.4 Å². The quantitative estimate of drug-likeness (QED) is 0.593. The molecule has 0 saturated heterocycles. The summed E-state index contributed by atoms with van der Waals surface area (Å²) < 4.78 is 10.6. The fourth-order valence-electron chi connectivity index (χ4n) is 1.58. The monoisotopic (exact) mass is 293 g/mol. The minimum atomic E-state index is -0.117. The molecule has 1 heterocycles. The van der Waals surface area contributed by atoms with Gasteiger partial charge in [0.05, 0.1) is 25.3 Å². The number of aliphatic hydroxyl groups excluding tert-OH is 1. The molecule has 0 bridgehead atoms. The number of carbonyl (C=O) groups is 1. The van der Waals surface area contributed by atoms with Gasteiger partial charge < -0.3 is 14.6 Å². The average molecular weight is 293 g/mol. The van der Waals surface area contributed by atoms with E-state index in [1.807, 2.05) is 0 Å². The van der Waals surface area contributed by atoms with E-state index >= 15 is 0 Å². The van der Waals surface area contributed by atoms with E-state index in [2.05, 4.69) is 4.98 Å². The molecule has 0 radical (unpaired) electrons. The van der Waals surface area contributed by atoms with Crippen LogP contribution in [0.1, 0.15) is 16.1 Å². The van der Waals surface area contributed by atoms with Crippen molar-refractivity contribution in [2.75, 3.05) is 26.4 Å². The number of aliphatic hydroxyl groups is 1. The zero-order chi connectivity index (χ0) is 14.2. The Morgan fingerprint density at radius 3 is 2.95 bits per heavy atom. The van der Waals surface area contributed by atoms with Crippen LogP contribution in [0.3, 0.4) is 0 Å². The van der Waals surface area contributed by atoms with Crippen molar-refractivity contribution < 1.29 is 19.4 Å². The molecule has 0 atom stereocenters. The van der Waals surface area contributed by atoms with Gasteiger partial charge in [0, 0.05) is 10.9 Å². The summed E-state index contributed by atoms with van der Waals surface area (Å²) in [7, 11) is 0. The first kappa shape index (κ1) is 14.6. The zero-order valence-electron chi connectivity index (χ0n) is 10.8. The van der Waals surface area contributed by atoms with Crippen LogP contribution in [0.25, 0.3) is 0 Å². The first-order valence-electron chi connectivity index (χ1n) is 6.15. The molecule has 2 aromatic rings. The molecular weight excluding hydrogens is 278 g/mol. The molecule has 6 heteroatoms. The van der Waals surface area contributed by atoms with Crippen LogP contribution >= 0.6 is 11.3 Å². The summed E-state index contributed by atoms with van der Waals surface area (Å²) in [6, 6.07) is 6.97. The predicted molar refractivity (Wildman–Crippen MR) is 75.4 cm³/mol. The average Bonchev–Trinajstić information content (AvgIpc) is 3.01. The molecule has 20 heavy (non-hydrogen) atoms. The summed E-state index contributed by atoms with van der Waals surface area (Å²) in [5.41, 5.74) is 2.62. The third-order valence-corrected chi connectivity index (χ3v) is 3.08. The van der Waals surface area contributed by atoms with Gasteiger partial charge in [-0.1, -0.05) is 12.1 Å². The standard InChI is InChI=1S/C14H15NO4S/c16-4-5-18-6-7-19-12-3-1-2-11(8-12)14(17)13-9-20-10-15-13/h1-3,8-10,16H,4-7H2. The number of hydrogen-bond acceptors (Lipinski definition) is 6. The second-order valence-electron chi connectivity index (χ2n) is 3.92. The van der Waals surface area contributed by atoms with Crippen LogP contribution < -0.4 is 4.74 Å². The molecule has 0 fully saturated rings. The number of ketones is 1. The molecule has 0 spiro atoms. The van der Waals surface area contributed by atoms with Crippen LogP contribution in [-0.2, 0) is 4.74 Å². The minimum Gasteiger partial charge on any atom is -0.491 e. The van der Waals surface area contributed by atoms with E-state index in [0.717, 1.165) is 0 Å². The number of rotatable bonds is 8. The second kappa shape index (κ2) is 7.74. The molecule has 0 aliphatic carbocycles. The normalized spacial score (nSPS) is 10.4. The minimum absolute atomic E-state index is 0.00235. The van der Waals surface area contributed by atoms with Crippen molar-refractivity contribution in [2.45, 2.75) is 0 Å². The fraction of sp³-hybridized carbons (Fsp3) is 0.286. The molecule has 5 nitrogen and oxygen atoms in total. The van der Waals surface area contributed by atoms with Gasteiger partial charge in [-0.25, -0.2) is 4.98 Å². The van der Waals surface area contributed by atoms with E-state index in [0.29, 0.717) is 36.8 Å². The number of hydrogen-bond donors (Lipinski definition) is 1. The van der Waals surface area contributed by atoms with Crippen LogP contribution in [0.15, 0.2) is 35.2 Å². The highest BCUT2D eigenvalue weighted by Crippen LogP contribution is 2.16. The summed E-state index contributed by atoms with van der Waals surface area (Å²) in [5.74, 6) is 0.493. The maximum atomic E-state index is 12.1. The smallest absolute Gasteiger partial charge is 0.212 e. The van der Waals surface area contributed by atoms with Gasteiger partial charge in [-0.15, -0.1) is 11.3 Å². The van der Waals surface area contributed by atoms with Crippen LogP contribution in [0.2, 0.25) is 0 Å². The lowest BCUT2D eigenvalue weighted by Gasteiger charge is -2.07. The van der Waals surface area contributed by atoms with Crippen molar-refractivity contribution in [2.24, 2.45) is 0 Å². The summed E-state index contributed by atoms with van der Waals surface area (Å²) in [6.45, 7) is 1.06. The number of carbonyl (C=O) groups excluding carboxylic acids is 1. The molecule has 1 aromatic carbocycles. The number of nitrogens with zero attached hydrogens (tertiary/aromatic N) is 1. The van der Waals surface area contributed by atoms with Gasteiger partial charge >= 0.3 is 0 Å². The lowest BCUT2D eigenvalue weighted by molar-refractivity contribution is 0.0705. The summed E-state index contributed by atoms with van der Waals surface area (Å²) in [6.07, 6.45) is 0.